The predicted octanol–water partition coefficient (Wildman–Crippen LogP) is 3.92. The van der Waals surface area contributed by atoms with Gasteiger partial charge in [-0.25, -0.2) is 0 Å². The normalized spacial score (nSPS) is 11.6. The number of aliphatic hydroxyl groups excluding tert-OH is 1. The van der Waals surface area contributed by atoms with Gasteiger partial charge in [0.15, 0.2) is 0 Å². The van der Waals surface area contributed by atoms with Crippen molar-refractivity contribution in [3.8, 4) is 6.07 Å². The first kappa shape index (κ1) is 17.0. The molecule has 0 aliphatic rings. The molecule has 23 heavy (non-hydrogen) atoms. The summed E-state index contributed by atoms with van der Waals surface area (Å²) in [5.74, 6) is 0. The molecular formula is C15H11Cl2N3O3. The fourth-order valence-electron chi connectivity index (χ4n) is 2.10. The highest BCUT2D eigenvalue weighted by Crippen LogP contribution is 2.33. The van der Waals surface area contributed by atoms with Crippen LogP contribution >= 0.6 is 23.2 Å². The number of aliphatic hydroxyl groups is 1. The molecule has 2 aromatic rings. The van der Waals surface area contributed by atoms with Crippen LogP contribution in [0.3, 0.4) is 0 Å². The highest BCUT2D eigenvalue weighted by molar-refractivity contribution is 6.36. The molecular weight excluding hydrogens is 341 g/mol. The van der Waals surface area contributed by atoms with Crippen molar-refractivity contribution in [3.05, 3.63) is 67.7 Å². The van der Waals surface area contributed by atoms with E-state index >= 15 is 0 Å². The van der Waals surface area contributed by atoms with Crippen molar-refractivity contribution in [3.63, 3.8) is 0 Å². The molecule has 6 nitrogen and oxygen atoms in total. The zero-order valence-electron chi connectivity index (χ0n) is 11.7. The monoisotopic (exact) mass is 351 g/mol. The number of nitro groups is 1. The fraction of sp³-hybridized carbons (Fsp3) is 0.133. The third-order valence-electron chi connectivity index (χ3n) is 3.19. The van der Waals surface area contributed by atoms with E-state index in [4.69, 9.17) is 28.5 Å². The summed E-state index contributed by atoms with van der Waals surface area (Å²) in [6, 6.07) is 10.0. The van der Waals surface area contributed by atoms with Gasteiger partial charge < -0.3 is 10.4 Å². The summed E-state index contributed by atoms with van der Waals surface area (Å²) < 4.78 is 0. The number of nitro benzene ring substituents is 1. The second kappa shape index (κ2) is 7.29. The van der Waals surface area contributed by atoms with Gasteiger partial charge in [0.25, 0.3) is 5.69 Å². The molecule has 0 saturated heterocycles. The van der Waals surface area contributed by atoms with Crippen LogP contribution in [0.25, 0.3) is 0 Å². The smallest absolute Gasteiger partial charge is 0.270 e. The van der Waals surface area contributed by atoms with Gasteiger partial charge in [-0.3, -0.25) is 10.1 Å². The fourth-order valence-corrected chi connectivity index (χ4v) is 2.77. The SMILES string of the molecule is N#Cc1cc([N+](=O)[O-])ccc1N[C@@H](CO)c1c(Cl)cccc1Cl. The summed E-state index contributed by atoms with van der Waals surface area (Å²) in [6.07, 6.45) is 0. The summed E-state index contributed by atoms with van der Waals surface area (Å²) in [4.78, 5) is 10.2. The molecule has 2 aromatic carbocycles. The molecule has 0 aliphatic carbocycles. The van der Waals surface area contributed by atoms with Gasteiger partial charge in [0.1, 0.15) is 6.07 Å². The van der Waals surface area contributed by atoms with Crippen molar-refractivity contribution in [1.82, 2.24) is 0 Å². The molecule has 0 spiro atoms. The maximum atomic E-state index is 10.8. The summed E-state index contributed by atoms with van der Waals surface area (Å²) in [7, 11) is 0. The first-order valence-corrected chi connectivity index (χ1v) is 7.23. The molecule has 0 aliphatic heterocycles. The Morgan fingerprint density at radius 2 is 1.96 bits per heavy atom. The van der Waals surface area contributed by atoms with E-state index in [0.717, 1.165) is 6.07 Å². The summed E-state index contributed by atoms with van der Waals surface area (Å²) in [5, 5.41) is 33.2. The number of benzene rings is 2. The Morgan fingerprint density at radius 1 is 1.30 bits per heavy atom. The minimum Gasteiger partial charge on any atom is -0.394 e. The lowest BCUT2D eigenvalue weighted by Crippen LogP contribution is -2.16. The van der Waals surface area contributed by atoms with E-state index in [1.165, 1.54) is 12.1 Å². The van der Waals surface area contributed by atoms with E-state index in [0.29, 0.717) is 21.3 Å². The lowest BCUT2D eigenvalue weighted by atomic mass is 10.1. The van der Waals surface area contributed by atoms with E-state index in [9.17, 15) is 15.2 Å². The minimum atomic E-state index is -0.662. The van der Waals surface area contributed by atoms with E-state index < -0.39 is 11.0 Å². The number of halogens is 2. The summed E-state index contributed by atoms with van der Waals surface area (Å²) in [5.41, 5.74) is 0.720. The average molecular weight is 352 g/mol. The third-order valence-corrected chi connectivity index (χ3v) is 3.85. The van der Waals surface area contributed by atoms with Crippen molar-refractivity contribution < 1.29 is 10.0 Å². The van der Waals surface area contributed by atoms with Crippen molar-refractivity contribution in [2.75, 3.05) is 11.9 Å². The molecule has 0 fully saturated rings. The van der Waals surface area contributed by atoms with Crippen molar-refractivity contribution in [2.24, 2.45) is 0 Å². The molecule has 2 rings (SSSR count). The molecule has 2 N–H and O–H groups in total. The van der Waals surface area contributed by atoms with Crippen molar-refractivity contribution >= 4 is 34.6 Å². The number of nitriles is 1. The number of rotatable bonds is 5. The van der Waals surface area contributed by atoms with Crippen molar-refractivity contribution in [2.45, 2.75) is 6.04 Å². The standard InChI is InChI=1S/C15H11Cl2N3O3/c16-11-2-1-3-12(17)15(11)14(8-21)19-13-5-4-10(20(22)23)6-9(13)7-18/h1-6,14,19,21H,8H2/t14-/m0/s1. The zero-order valence-corrected chi connectivity index (χ0v) is 13.2. The van der Waals surface area contributed by atoms with E-state index in [2.05, 4.69) is 5.32 Å². The summed E-state index contributed by atoms with van der Waals surface area (Å²) >= 11 is 12.2. The number of nitrogens with one attached hydrogen (secondary N) is 1. The van der Waals surface area contributed by atoms with Crippen LogP contribution in [-0.4, -0.2) is 16.6 Å². The number of hydrogen-bond donors (Lipinski definition) is 2. The second-order valence-electron chi connectivity index (χ2n) is 4.61. The Morgan fingerprint density at radius 3 is 2.48 bits per heavy atom. The van der Waals surface area contributed by atoms with Crippen LogP contribution < -0.4 is 5.32 Å². The van der Waals surface area contributed by atoms with Gasteiger partial charge in [-0.1, -0.05) is 29.3 Å². The van der Waals surface area contributed by atoms with E-state index in [1.807, 2.05) is 6.07 Å². The van der Waals surface area contributed by atoms with Gasteiger partial charge >= 0.3 is 0 Å². The Kier molecular flexibility index (Phi) is 5.40. The number of nitrogens with zero attached hydrogens (tertiary/aromatic N) is 2. The van der Waals surface area contributed by atoms with Crippen molar-refractivity contribution in [1.29, 1.82) is 5.26 Å². The largest absolute Gasteiger partial charge is 0.394 e. The lowest BCUT2D eigenvalue weighted by molar-refractivity contribution is -0.384. The van der Waals surface area contributed by atoms with Gasteiger partial charge in [-0.2, -0.15) is 5.26 Å². The topological polar surface area (TPSA) is 99.2 Å². The molecule has 0 heterocycles. The Bertz CT molecular complexity index is 770. The van der Waals surface area contributed by atoms with Gasteiger partial charge in [0, 0.05) is 27.7 Å². The molecule has 0 bridgehead atoms. The molecule has 1 atom stereocenters. The Balaban J connectivity index is 2.40. The van der Waals surface area contributed by atoms with Gasteiger partial charge in [-0.05, 0) is 18.2 Å². The zero-order chi connectivity index (χ0) is 17.0. The second-order valence-corrected chi connectivity index (χ2v) is 5.43. The maximum absolute atomic E-state index is 10.8. The van der Waals surface area contributed by atoms with E-state index in [-0.39, 0.29) is 17.9 Å². The Hall–Kier alpha value is -2.33. The van der Waals surface area contributed by atoms with Gasteiger partial charge in [-0.15, -0.1) is 0 Å². The van der Waals surface area contributed by atoms with Crippen LogP contribution in [0.2, 0.25) is 10.0 Å². The predicted molar refractivity (Wildman–Crippen MR) is 87.7 cm³/mol. The summed E-state index contributed by atoms with van der Waals surface area (Å²) in [6.45, 7) is -0.328. The lowest BCUT2D eigenvalue weighted by Gasteiger charge is -2.21. The van der Waals surface area contributed by atoms with Crippen LogP contribution in [-0.2, 0) is 0 Å². The van der Waals surface area contributed by atoms with Crippen LogP contribution in [0.15, 0.2) is 36.4 Å². The van der Waals surface area contributed by atoms with Crippen LogP contribution in [0.4, 0.5) is 11.4 Å². The van der Waals surface area contributed by atoms with E-state index in [1.54, 1.807) is 18.2 Å². The highest BCUT2D eigenvalue weighted by Gasteiger charge is 2.19. The molecule has 0 radical (unpaired) electrons. The first-order chi connectivity index (χ1) is 11.0. The first-order valence-electron chi connectivity index (χ1n) is 6.47. The highest BCUT2D eigenvalue weighted by atomic mass is 35.5. The number of hydrogen-bond acceptors (Lipinski definition) is 5. The Labute approximate surface area is 142 Å². The van der Waals surface area contributed by atoms with Crippen LogP contribution in [0.5, 0.6) is 0 Å². The van der Waals surface area contributed by atoms with Crippen LogP contribution in [0.1, 0.15) is 17.2 Å². The third kappa shape index (κ3) is 3.71. The quantitative estimate of drug-likeness (QED) is 0.628. The molecule has 0 unspecified atom stereocenters. The minimum absolute atomic E-state index is 0.0841. The number of non-ortho nitro benzene ring substituents is 1. The average Bonchev–Trinajstić information content (AvgIpc) is 2.53. The molecule has 118 valence electrons. The van der Waals surface area contributed by atoms with Crippen LogP contribution in [0, 0.1) is 21.4 Å². The number of anilines is 1. The maximum Gasteiger partial charge on any atom is 0.270 e. The molecule has 8 heteroatoms. The van der Waals surface area contributed by atoms with Gasteiger partial charge in [0.2, 0.25) is 0 Å². The molecule has 0 aromatic heterocycles. The molecule has 0 amide bonds. The molecule has 0 saturated carbocycles. The van der Waals surface area contributed by atoms with Gasteiger partial charge in [0.05, 0.1) is 28.8 Å².